The van der Waals surface area contributed by atoms with E-state index in [9.17, 15) is 48.6 Å². The van der Waals surface area contributed by atoms with Gasteiger partial charge in [0.25, 0.3) is 0 Å². The average molecular weight is 749 g/mol. The predicted molar refractivity (Wildman–Crippen MR) is 175 cm³/mol. The highest BCUT2D eigenvalue weighted by molar-refractivity contribution is 8.05. The van der Waals surface area contributed by atoms with Crippen LogP contribution in [-0.4, -0.2) is 138 Å². The zero-order valence-corrected chi connectivity index (χ0v) is 28.9. The first-order valence-corrected chi connectivity index (χ1v) is 16.6. The number of nitrogens with zero attached hydrogens (tertiary/aromatic N) is 2. The van der Waals surface area contributed by atoms with Crippen molar-refractivity contribution in [3.05, 3.63) is 0 Å². The Morgan fingerprint density at radius 3 is 1.26 bits per heavy atom. The van der Waals surface area contributed by atoms with Gasteiger partial charge in [-0.1, -0.05) is 13.8 Å². The standard InChI is InChI=1S/C24H40N6O13S4/c1-3-29(15(23(39)40)5-7-17(31)27-13(11-44)21(37)25-9-19(33)34)46-43-47-30(4-2)16(24(41)42)6-8-18(32)28-14(12-45)22(38)26-10-20(35)36/h13-16,44-45H,3-12H2,1-2H3,(H,25,37)(H,26,38)(H,27,31)(H,28,32)(H,33,34)(H,35,36)(H,39,40)(H,41,42)/t13-,14-,15-,16-/m0/s1. The van der Waals surface area contributed by atoms with Crippen LogP contribution in [0.1, 0.15) is 39.5 Å². The largest absolute Gasteiger partial charge is 0.480 e. The van der Waals surface area contributed by atoms with E-state index < -0.39 is 84.8 Å². The third-order valence-corrected chi connectivity index (χ3v) is 8.55. The van der Waals surface area contributed by atoms with Crippen LogP contribution < -0.4 is 21.3 Å². The molecule has 0 saturated heterocycles. The van der Waals surface area contributed by atoms with Gasteiger partial charge in [-0.3, -0.25) is 38.4 Å². The van der Waals surface area contributed by atoms with Crippen LogP contribution in [0.4, 0.5) is 0 Å². The second-order valence-corrected chi connectivity index (χ2v) is 11.8. The molecular weight excluding hydrogens is 709 g/mol. The summed E-state index contributed by atoms with van der Waals surface area (Å²) in [6.45, 7) is 2.18. The van der Waals surface area contributed by atoms with Gasteiger partial charge in [0.05, 0.1) is 24.5 Å². The highest BCUT2D eigenvalue weighted by Crippen LogP contribution is 2.28. The summed E-state index contributed by atoms with van der Waals surface area (Å²) in [5.74, 6) is -8.32. The number of carboxylic acids is 4. The van der Waals surface area contributed by atoms with E-state index in [1.165, 1.54) is 8.61 Å². The number of carboxylic acid groups (broad SMARTS) is 4. The van der Waals surface area contributed by atoms with Gasteiger partial charge < -0.3 is 41.7 Å². The molecule has 4 atom stereocenters. The quantitative estimate of drug-likeness (QED) is 0.0273. The Morgan fingerprint density at radius 2 is 1.00 bits per heavy atom. The van der Waals surface area contributed by atoms with Crippen LogP contribution in [0, 0.1) is 0 Å². The first-order chi connectivity index (χ1) is 22.1. The molecule has 0 aliphatic carbocycles. The Kier molecular flexibility index (Phi) is 22.7. The predicted octanol–water partition coefficient (Wildman–Crippen LogP) is -1.53. The monoisotopic (exact) mass is 748 g/mol. The molecule has 0 aliphatic rings. The van der Waals surface area contributed by atoms with Gasteiger partial charge in [-0.15, -0.1) is 0 Å². The number of hydrogen-bond donors (Lipinski definition) is 10. The van der Waals surface area contributed by atoms with E-state index in [0.717, 1.165) is 0 Å². The number of amides is 4. The molecule has 0 saturated carbocycles. The lowest BCUT2D eigenvalue weighted by molar-refractivity contribution is -0.142. The molecule has 0 spiro atoms. The lowest BCUT2D eigenvalue weighted by Gasteiger charge is -2.28. The first kappa shape index (κ1) is 44.0. The Hall–Kier alpha value is -2.96. The molecule has 4 amide bonds. The minimum Gasteiger partial charge on any atom is -0.480 e. The fourth-order valence-corrected chi connectivity index (χ4v) is 5.61. The summed E-state index contributed by atoms with van der Waals surface area (Å²) in [7, 11) is 0. The molecule has 19 nitrogen and oxygen atoms in total. The molecule has 0 radical (unpaired) electrons. The maximum absolute atomic E-state index is 12.4. The number of carbonyl (C=O) groups is 8. The summed E-state index contributed by atoms with van der Waals surface area (Å²) in [4.78, 5) is 94.2. The summed E-state index contributed by atoms with van der Waals surface area (Å²) in [6, 6.07) is -4.78. The molecule has 268 valence electrons. The lowest BCUT2D eigenvalue weighted by Crippen LogP contribution is -2.49. The Labute approximate surface area is 290 Å². The van der Waals surface area contributed by atoms with Gasteiger partial charge in [0.2, 0.25) is 23.6 Å². The lowest BCUT2D eigenvalue weighted by atomic mass is 10.1. The van der Waals surface area contributed by atoms with Crippen LogP contribution >= 0.6 is 49.7 Å². The molecule has 0 heterocycles. The number of thiol groups is 2. The zero-order chi connectivity index (χ0) is 36.1. The van der Waals surface area contributed by atoms with Crippen LogP contribution in [0.25, 0.3) is 0 Å². The van der Waals surface area contributed by atoms with Crippen LogP contribution in [0.2, 0.25) is 0 Å². The summed E-state index contributed by atoms with van der Waals surface area (Å²) < 4.78 is 8.06. The van der Waals surface area contributed by atoms with E-state index in [4.69, 9.17) is 13.8 Å². The second-order valence-electron chi connectivity index (χ2n) is 9.30. The highest BCUT2D eigenvalue weighted by atomic mass is 32.2. The van der Waals surface area contributed by atoms with E-state index in [2.05, 4.69) is 46.5 Å². The van der Waals surface area contributed by atoms with E-state index >= 15 is 0 Å². The third kappa shape index (κ3) is 18.2. The number of hydrogen-bond acceptors (Lipinski definition) is 15. The molecule has 47 heavy (non-hydrogen) atoms. The van der Waals surface area contributed by atoms with Crippen molar-refractivity contribution in [3.8, 4) is 0 Å². The minimum absolute atomic E-state index is 0.127. The molecule has 0 aromatic heterocycles. The molecule has 0 fully saturated rings. The maximum atomic E-state index is 12.4. The fraction of sp³-hybridized carbons (Fsp3) is 0.667. The van der Waals surface area contributed by atoms with Gasteiger partial charge in [-0.25, -0.2) is 12.2 Å². The van der Waals surface area contributed by atoms with E-state index in [1.807, 2.05) is 0 Å². The van der Waals surface area contributed by atoms with Gasteiger partial charge in [0.1, 0.15) is 37.3 Å². The molecular formula is C24H40N6O13S4. The van der Waals surface area contributed by atoms with Crippen LogP contribution in [0.5, 0.6) is 0 Å². The molecule has 0 aliphatic heterocycles. The summed E-state index contributed by atoms with van der Waals surface area (Å²) in [5.41, 5.74) is 0. The summed E-state index contributed by atoms with van der Waals surface area (Å²) >= 11 is 9.15. The van der Waals surface area contributed by atoms with Crippen molar-refractivity contribution in [3.63, 3.8) is 0 Å². The number of rotatable bonds is 26. The van der Waals surface area contributed by atoms with Crippen molar-refractivity contribution in [1.82, 2.24) is 29.9 Å². The van der Waals surface area contributed by atoms with Crippen molar-refractivity contribution in [1.29, 1.82) is 0 Å². The van der Waals surface area contributed by atoms with Crippen LogP contribution in [0.15, 0.2) is 0 Å². The second kappa shape index (κ2) is 24.2. The number of likely N-dealkylation sites (N-methyl/N-ethyl adjacent to an activating group) is 2. The van der Waals surface area contributed by atoms with Gasteiger partial charge in [-0.2, -0.15) is 25.3 Å². The van der Waals surface area contributed by atoms with Crippen molar-refractivity contribution in [2.45, 2.75) is 63.7 Å². The highest BCUT2D eigenvalue weighted by Gasteiger charge is 2.31. The fourth-order valence-electron chi connectivity index (χ4n) is 3.55. The van der Waals surface area contributed by atoms with Crippen LogP contribution in [-0.2, 0) is 42.0 Å². The Balaban J connectivity index is 5.15. The summed E-state index contributed by atoms with van der Waals surface area (Å²) in [6.07, 6.45) is -1.07. The molecule has 0 rings (SSSR count). The normalized spacial score (nSPS) is 13.6. The van der Waals surface area contributed by atoms with Gasteiger partial charge >= 0.3 is 23.9 Å². The van der Waals surface area contributed by atoms with Crippen molar-refractivity contribution in [2.24, 2.45) is 0 Å². The van der Waals surface area contributed by atoms with Crippen molar-refractivity contribution >= 4 is 97.2 Å². The first-order valence-electron chi connectivity index (χ1n) is 13.9. The smallest absolute Gasteiger partial charge is 0.322 e. The van der Waals surface area contributed by atoms with Gasteiger partial charge in [-0.05, 0) is 12.8 Å². The zero-order valence-electron chi connectivity index (χ0n) is 25.4. The number of nitrogens with one attached hydrogen (secondary N) is 4. The van der Waals surface area contributed by atoms with Crippen molar-refractivity contribution in [2.75, 3.05) is 37.7 Å². The maximum Gasteiger partial charge on any atom is 0.322 e. The van der Waals surface area contributed by atoms with Gasteiger partial charge in [0.15, 0.2) is 0 Å². The number of carbonyl (C=O) groups excluding carboxylic acids is 4. The Morgan fingerprint density at radius 1 is 0.660 bits per heavy atom. The molecule has 0 aromatic carbocycles. The molecule has 8 N–H and O–H groups in total. The van der Waals surface area contributed by atoms with E-state index in [-0.39, 0.29) is 50.3 Å². The summed E-state index contributed by atoms with van der Waals surface area (Å²) in [5, 5.41) is 45.9. The van der Waals surface area contributed by atoms with E-state index in [1.54, 1.807) is 13.8 Å². The van der Waals surface area contributed by atoms with Gasteiger partial charge in [0, 0.05) is 37.4 Å². The SMILES string of the molecule is CCN(SOSN(CC)[C@@H](CCC(=O)N[C@@H](CS)C(=O)NCC(=O)O)C(=O)O)[C@@H](CCC(=O)N[C@@H](CS)C(=O)NCC(=O)O)C(=O)O. The minimum atomic E-state index is -1.29. The van der Waals surface area contributed by atoms with Crippen molar-refractivity contribution < 1.29 is 62.4 Å². The average Bonchev–Trinajstić information content (AvgIpc) is 3.01. The molecule has 23 heteroatoms. The number of aliphatic carboxylic acids is 4. The Bertz CT molecular complexity index is 1020. The molecule has 0 unspecified atom stereocenters. The molecule has 0 bridgehead atoms. The third-order valence-electron chi connectivity index (χ3n) is 5.93. The molecule has 0 aromatic rings. The van der Waals surface area contributed by atoms with E-state index in [0.29, 0.717) is 24.5 Å². The topological polar surface area (TPSA) is 281 Å². The van der Waals surface area contributed by atoms with Crippen LogP contribution in [0.3, 0.4) is 0 Å².